The molecule has 3 heterocycles. The molecule has 7 nitrogen and oxygen atoms in total. The van der Waals surface area contributed by atoms with Crippen LogP contribution in [0, 0.1) is 24.2 Å². The van der Waals surface area contributed by atoms with Gasteiger partial charge in [0.25, 0.3) is 0 Å². The minimum atomic E-state index is -1.27. The SMILES string of the molecule is CC[C@H]1C(=O)C(C)(C)[C@@H](O)CC(=O)O[C@H](/C(Cl)=C/c2csc(C)n2)C[C@H]2O[C@@]2(C)CCC[C@@H](C)[C@@H]1O. The molecule has 9 heteroatoms. The van der Waals surface area contributed by atoms with Crippen molar-refractivity contribution in [1.29, 1.82) is 0 Å². The maximum atomic E-state index is 13.4. The van der Waals surface area contributed by atoms with Crippen LogP contribution in [0.25, 0.3) is 6.08 Å². The lowest BCUT2D eigenvalue weighted by Gasteiger charge is -2.35. The average Bonchev–Trinajstić information content (AvgIpc) is 3.24. The number of hydrogen-bond acceptors (Lipinski definition) is 8. The van der Waals surface area contributed by atoms with Crippen LogP contribution >= 0.6 is 22.9 Å². The fourth-order valence-corrected chi connectivity index (χ4v) is 5.90. The molecule has 1 aromatic heterocycles. The number of aromatic nitrogens is 1. The van der Waals surface area contributed by atoms with E-state index in [-0.39, 0.29) is 29.8 Å². The molecule has 2 aliphatic heterocycles. The molecule has 7 atom stereocenters. The third-order valence-corrected chi connectivity index (χ3v) is 9.04. The highest BCUT2D eigenvalue weighted by Gasteiger charge is 2.53. The van der Waals surface area contributed by atoms with Crippen molar-refractivity contribution in [2.24, 2.45) is 17.3 Å². The molecule has 0 amide bonds. The number of aryl methyl sites for hydroxylation is 1. The number of thiazole rings is 1. The molecule has 1 aromatic rings. The van der Waals surface area contributed by atoms with Crippen LogP contribution in [0.4, 0.5) is 0 Å². The lowest BCUT2D eigenvalue weighted by molar-refractivity contribution is -0.154. The number of nitrogens with zero attached hydrogens (tertiary/aromatic N) is 1. The summed E-state index contributed by atoms with van der Waals surface area (Å²) in [4.78, 5) is 30.8. The molecule has 3 rings (SSSR count). The zero-order valence-corrected chi connectivity index (χ0v) is 23.7. The van der Waals surface area contributed by atoms with Crippen molar-refractivity contribution in [1.82, 2.24) is 4.98 Å². The van der Waals surface area contributed by atoms with E-state index in [1.807, 2.05) is 33.1 Å². The monoisotopic (exact) mass is 541 g/mol. The summed E-state index contributed by atoms with van der Waals surface area (Å²) < 4.78 is 11.8. The number of ketones is 1. The first-order valence-electron chi connectivity index (χ1n) is 12.9. The molecule has 0 aromatic carbocycles. The molecule has 0 bridgehead atoms. The Morgan fingerprint density at radius 2 is 2.00 bits per heavy atom. The normalized spacial score (nSPS) is 36.8. The molecule has 0 spiro atoms. The number of rotatable bonds is 3. The second-order valence-electron chi connectivity index (χ2n) is 11.1. The molecule has 0 unspecified atom stereocenters. The van der Waals surface area contributed by atoms with Crippen LogP contribution in [0.3, 0.4) is 0 Å². The Kier molecular flexibility index (Phi) is 9.42. The van der Waals surface area contributed by atoms with Gasteiger partial charge in [-0.15, -0.1) is 11.3 Å². The van der Waals surface area contributed by atoms with Crippen molar-refractivity contribution in [3.63, 3.8) is 0 Å². The van der Waals surface area contributed by atoms with Crippen LogP contribution in [0.5, 0.6) is 0 Å². The summed E-state index contributed by atoms with van der Waals surface area (Å²) in [5.74, 6) is -1.61. The molecule has 0 radical (unpaired) electrons. The van der Waals surface area contributed by atoms with Gasteiger partial charge in [-0.3, -0.25) is 9.59 Å². The molecular weight excluding hydrogens is 502 g/mol. The number of ether oxygens (including phenoxy) is 2. The van der Waals surface area contributed by atoms with Gasteiger partial charge in [-0.1, -0.05) is 45.7 Å². The van der Waals surface area contributed by atoms with Crippen molar-refractivity contribution in [3.05, 3.63) is 21.1 Å². The van der Waals surface area contributed by atoms with Crippen LogP contribution in [0.2, 0.25) is 0 Å². The number of epoxide rings is 1. The smallest absolute Gasteiger partial charge is 0.309 e. The Balaban J connectivity index is 1.87. The van der Waals surface area contributed by atoms with Crippen LogP contribution in [-0.4, -0.2) is 57.0 Å². The fourth-order valence-electron chi connectivity index (χ4n) is 5.09. The minimum Gasteiger partial charge on any atom is -0.456 e. The molecule has 36 heavy (non-hydrogen) atoms. The molecule has 2 fully saturated rings. The van der Waals surface area contributed by atoms with Crippen molar-refractivity contribution in [2.75, 3.05) is 0 Å². The van der Waals surface area contributed by atoms with Crippen LogP contribution in [0.15, 0.2) is 10.4 Å². The Bertz CT molecular complexity index is 977. The molecule has 0 saturated carbocycles. The number of halogens is 1. The van der Waals surface area contributed by atoms with E-state index >= 15 is 0 Å². The highest BCUT2D eigenvalue weighted by molar-refractivity contribution is 7.09. The van der Waals surface area contributed by atoms with E-state index in [0.717, 1.165) is 24.3 Å². The second-order valence-corrected chi connectivity index (χ2v) is 12.6. The minimum absolute atomic E-state index is 0.0859. The number of aliphatic hydroxyl groups excluding tert-OH is 2. The van der Waals surface area contributed by atoms with Gasteiger partial charge >= 0.3 is 5.97 Å². The van der Waals surface area contributed by atoms with E-state index in [1.165, 1.54) is 11.3 Å². The summed E-state index contributed by atoms with van der Waals surface area (Å²) in [6.45, 7) is 11.0. The van der Waals surface area contributed by atoms with Gasteiger partial charge in [0.1, 0.15) is 11.9 Å². The van der Waals surface area contributed by atoms with Crippen molar-refractivity contribution < 1.29 is 29.3 Å². The lowest BCUT2D eigenvalue weighted by Crippen LogP contribution is -2.46. The predicted molar refractivity (Wildman–Crippen MR) is 141 cm³/mol. The lowest BCUT2D eigenvalue weighted by atomic mass is 9.71. The van der Waals surface area contributed by atoms with Gasteiger partial charge in [0.15, 0.2) is 0 Å². The Labute approximate surface area is 223 Å². The third-order valence-electron chi connectivity index (χ3n) is 7.90. The number of Topliss-reactive ketones (excluding diaryl/α,β-unsaturated/α-hetero) is 1. The van der Waals surface area contributed by atoms with Gasteiger partial charge in [-0.25, -0.2) is 4.98 Å². The summed E-state index contributed by atoms with van der Waals surface area (Å²) in [5, 5.41) is 25.0. The van der Waals surface area contributed by atoms with Gasteiger partial charge in [-0.05, 0) is 45.1 Å². The quantitative estimate of drug-likeness (QED) is 0.407. The van der Waals surface area contributed by atoms with Gasteiger partial charge in [0, 0.05) is 17.7 Å². The summed E-state index contributed by atoms with van der Waals surface area (Å²) in [5.41, 5.74) is -0.902. The summed E-state index contributed by atoms with van der Waals surface area (Å²) >= 11 is 8.14. The second kappa shape index (κ2) is 11.6. The third kappa shape index (κ3) is 6.76. The maximum absolute atomic E-state index is 13.4. The fraction of sp³-hybridized carbons (Fsp3) is 0.741. The van der Waals surface area contributed by atoms with E-state index in [9.17, 15) is 19.8 Å². The Morgan fingerprint density at radius 3 is 2.61 bits per heavy atom. The zero-order chi connectivity index (χ0) is 26.8. The van der Waals surface area contributed by atoms with E-state index in [4.69, 9.17) is 21.1 Å². The number of carbonyl (C=O) groups is 2. The van der Waals surface area contributed by atoms with Gasteiger partial charge < -0.3 is 19.7 Å². The Hall–Kier alpha value is -1.32. The number of aliphatic hydroxyl groups is 2. The van der Waals surface area contributed by atoms with Gasteiger partial charge in [0.2, 0.25) is 0 Å². The predicted octanol–water partition coefficient (Wildman–Crippen LogP) is 5.04. The van der Waals surface area contributed by atoms with Gasteiger partial charge in [-0.2, -0.15) is 0 Å². The first-order chi connectivity index (χ1) is 16.8. The van der Waals surface area contributed by atoms with E-state index < -0.39 is 35.6 Å². The maximum Gasteiger partial charge on any atom is 0.309 e. The largest absolute Gasteiger partial charge is 0.456 e. The van der Waals surface area contributed by atoms with Crippen molar-refractivity contribution in [2.45, 2.75) is 110 Å². The molecule has 202 valence electrons. The summed E-state index contributed by atoms with van der Waals surface area (Å²) in [6, 6.07) is 0. The first-order valence-corrected chi connectivity index (χ1v) is 14.1. The van der Waals surface area contributed by atoms with E-state index in [0.29, 0.717) is 23.6 Å². The number of fused-ring (bicyclic) bond motifs is 1. The Morgan fingerprint density at radius 1 is 1.31 bits per heavy atom. The molecule has 2 N–H and O–H groups in total. The topological polar surface area (TPSA) is 109 Å². The first kappa shape index (κ1) is 29.2. The van der Waals surface area contributed by atoms with Gasteiger partial charge in [0.05, 0.1) is 51.5 Å². The molecule has 2 saturated heterocycles. The van der Waals surface area contributed by atoms with Crippen LogP contribution in [0.1, 0.15) is 83.8 Å². The standard InChI is InChI=1S/C27H40ClNO6S/c1-7-18-24(32)15(2)9-8-10-27(6)22(35-27)12-20(19(28)11-17-14-36-16(3)29-17)34-23(31)13-21(30)26(4,5)25(18)33/h11,14-15,18,20-22,24,30,32H,7-10,12-13H2,1-6H3/b19-11-/t15-,18-,20+,21+,22-,24+,27+/m1/s1. The van der Waals surface area contributed by atoms with Crippen molar-refractivity contribution in [3.8, 4) is 0 Å². The van der Waals surface area contributed by atoms with Crippen molar-refractivity contribution >= 4 is 40.8 Å². The number of cyclic esters (lactones) is 1. The summed E-state index contributed by atoms with van der Waals surface area (Å²) in [7, 11) is 0. The number of carbonyl (C=O) groups excluding carboxylic acids is 2. The average molecular weight is 542 g/mol. The van der Waals surface area contributed by atoms with Crippen LogP contribution < -0.4 is 0 Å². The molecule has 0 aliphatic carbocycles. The summed E-state index contributed by atoms with van der Waals surface area (Å²) in [6.07, 6.45) is 1.56. The van der Waals surface area contributed by atoms with E-state index in [2.05, 4.69) is 4.98 Å². The molecule has 2 aliphatic rings. The molecular formula is C27H40ClNO6S. The zero-order valence-electron chi connectivity index (χ0n) is 22.1. The number of hydrogen-bond donors (Lipinski definition) is 2. The number of esters is 1. The van der Waals surface area contributed by atoms with Crippen LogP contribution in [-0.2, 0) is 19.1 Å². The highest BCUT2D eigenvalue weighted by atomic mass is 35.5. The highest BCUT2D eigenvalue weighted by Crippen LogP contribution is 2.45. The van der Waals surface area contributed by atoms with E-state index in [1.54, 1.807) is 19.9 Å².